The van der Waals surface area contributed by atoms with Crippen molar-refractivity contribution in [3.05, 3.63) is 28.8 Å². The molecular formula is C15H22ClNO. The molecule has 1 fully saturated rings. The molecule has 1 saturated carbocycles. The summed E-state index contributed by atoms with van der Waals surface area (Å²) in [4.78, 5) is 0. The number of halogens is 1. The Morgan fingerprint density at radius 3 is 2.94 bits per heavy atom. The molecule has 0 aromatic heterocycles. The van der Waals surface area contributed by atoms with E-state index in [1.54, 1.807) is 7.11 Å². The summed E-state index contributed by atoms with van der Waals surface area (Å²) in [5, 5.41) is 4.35. The molecule has 2 rings (SSSR count). The topological polar surface area (TPSA) is 21.3 Å². The van der Waals surface area contributed by atoms with Crippen molar-refractivity contribution in [3.8, 4) is 5.75 Å². The third-order valence-electron chi connectivity index (χ3n) is 3.78. The molecule has 0 saturated heterocycles. The highest BCUT2D eigenvalue weighted by molar-refractivity contribution is 6.32. The summed E-state index contributed by atoms with van der Waals surface area (Å²) in [6.07, 6.45) is 5.02. The van der Waals surface area contributed by atoms with Crippen LogP contribution < -0.4 is 10.1 Å². The molecule has 100 valence electrons. The van der Waals surface area contributed by atoms with E-state index in [4.69, 9.17) is 16.3 Å². The van der Waals surface area contributed by atoms with Crippen LogP contribution in [0.15, 0.2) is 18.2 Å². The van der Waals surface area contributed by atoms with Crippen molar-refractivity contribution >= 4 is 11.6 Å². The van der Waals surface area contributed by atoms with E-state index in [1.807, 2.05) is 6.07 Å². The van der Waals surface area contributed by atoms with Gasteiger partial charge in [-0.2, -0.15) is 0 Å². The minimum absolute atomic E-state index is 0.600. The Labute approximate surface area is 115 Å². The van der Waals surface area contributed by atoms with Crippen molar-refractivity contribution in [2.24, 2.45) is 0 Å². The number of hydrogen-bond acceptors (Lipinski definition) is 2. The summed E-state index contributed by atoms with van der Waals surface area (Å²) in [7, 11) is 1.67. The second kappa shape index (κ2) is 6.44. The second-order valence-corrected chi connectivity index (χ2v) is 5.40. The van der Waals surface area contributed by atoms with Crippen molar-refractivity contribution in [1.29, 1.82) is 0 Å². The molecule has 1 aliphatic rings. The van der Waals surface area contributed by atoms with Crippen LogP contribution in [-0.2, 0) is 0 Å². The lowest BCUT2D eigenvalue weighted by atomic mass is 9.94. The van der Waals surface area contributed by atoms with Crippen molar-refractivity contribution in [1.82, 2.24) is 5.32 Å². The maximum absolute atomic E-state index is 6.08. The maximum Gasteiger partial charge on any atom is 0.137 e. The summed E-state index contributed by atoms with van der Waals surface area (Å²) < 4.78 is 5.31. The van der Waals surface area contributed by atoms with Gasteiger partial charge in [0.1, 0.15) is 5.75 Å². The summed E-state index contributed by atoms with van der Waals surface area (Å²) in [5.74, 6) is 1.39. The first kappa shape index (κ1) is 13.7. The first-order chi connectivity index (χ1) is 8.76. The highest BCUT2D eigenvalue weighted by atomic mass is 35.5. The predicted octanol–water partition coefficient (Wildman–Crippen LogP) is 3.98. The zero-order valence-electron chi connectivity index (χ0n) is 11.2. The maximum atomic E-state index is 6.08. The van der Waals surface area contributed by atoms with Gasteiger partial charge in [0.15, 0.2) is 0 Å². The second-order valence-electron chi connectivity index (χ2n) is 4.99. The average molecular weight is 268 g/mol. The Hall–Kier alpha value is -0.730. The van der Waals surface area contributed by atoms with Gasteiger partial charge in [-0.05, 0) is 49.4 Å². The van der Waals surface area contributed by atoms with E-state index in [9.17, 15) is 0 Å². The summed E-state index contributed by atoms with van der Waals surface area (Å²) in [6, 6.07) is 6.79. The van der Waals surface area contributed by atoms with E-state index in [0.717, 1.165) is 12.3 Å². The molecule has 0 radical (unpaired) electrons. The van der Waals surface area contributed by atoms with Crippen molar-refractivity contribution in [2.45, 2.75) is 44.6 Å². The van der Waals surface area contributed by atoms with Crippen molar-refractivity contribution in [2.75, 3.05) is 13.7 Å². The van der Waals surface area contributed by atoms with Gasteiger partial charge in [-0.25, -0.2) is 0 Å². The zero-order chi connectivity index (χ0) is 13.0. The van der Waals surface area contributed by atoms with Crippen LogP contribution >= 0.6 is 11.6 Å². The zero-order valence-corrected chi connectivity index (χ0v) is 12.0. The molecule has 1 aromatic carbocycles. The Morgan fingerprint density at radius 1 is 1.39 bits per heavy atom. The SMILES string of the molecule is CCCNC1CCCC1c1ccc(Cl)c(OC)c1. The van der Waals surface area contributed by atoms with Crippen LogP contribution in [0.3, 0.4) is 0 Å². The molecule has 18 heavy (non-hydrogen) atoms. The van der Waals surface area contributed by atoms with Crippen LogP contribution in [-0.4, -0.2) is 19.7 Å². The van der Waals surface area contributed by atoms with Gasteiger partial charge in [0.2, 0.25) is 0 Å². The highest BCUT2D eigenvalue weighted by Gasteiger charge is 2.28. The lowest BCUT2D eigenvalue weighted by Gasteiger charge is -2.22. The number of benzene rings is 1. The smallest absolute Gasteiger partial charge is 0.137 e. The van der Waals surface area contributed by atoms with E-state index in [1.165, 1.54) is 31.2 Å². The first-order valence-corrected chi connectivity index (χ1v) is 7.21. The number of rotatable bonds is 5. The van der Waals surface area contributed by atoms with Gasteiger partial charge < -0.3 is 10.1 Å². The van der Waals surface area contributed by atoms with Crippen LogP contribution in [0.4, 0.5) is 0 Å². The van der Waals surface area contributed by atoms with E-state index >= 15 is 0 Å². The monoisotopic (exact) mass is 267 g/mol. The number of ether oxygens (including phenoxy) is 1. The van der Waals surface area contributed by atoms with Crippen LogP contribution in [0.1, 0.15) is 44.1 Å². The van der Waals surface area contributed by atoms with E-state index in [-0.39, 0.29) is 0 Å². The molecule has 1 N–H and O–H groups in total. The van der Waals surface area contributed by atoms with Gasteiger partial charge >= 0.3 is 0 Å². The molecule has 2 unspecified atom stereocenters. The van der Waals surface area contributed by atoms with Crippen LogP contribution in [0.2, 0.25) is 5.02 Å². The third kappa shape index (κ3) is 2.99. The van der Waals surface area contributed by atoms with Crippen LogP contribution in [0, 0.1) is 0 Å². The fourth-order valence-corrected chi connectivity index (χ4v) is 3.03. The molecule has 0 heterocycles. The summed E-state index contributed by atoms with van der Waals surface area (Å²) in [5.41, 5.74) is 1.35. The Balaban J connectivity index is 2.14. The van der Waals surface area contributed by atoms with Crippen molar-refractivity contribution < 1.29 is 4.74 Å². The minimum atomic E-state index is 0.600. The molecule has 2 atom stereocenters. The van der Waals surface area contributed by atoms with Gasteiger partial charge in [-0.3, -0.25) is 0 Å². The van der Waals surface area contributed by atoms with Crippen molar-refractivity contribution in [3.63, 3.8) is 0 Å². The molecule has 0 amide bonds. The molecule has 0 aliphatic heterocycles. The standard InChI is InChI=1S/C15H22ClNO/c1-3-9-17-14-6-4-5-12(14)11-7-8-13(16)15(10-11)18-2/h7-8,10,12,14,17H,3-6,9H2,1-2H3. The Morgan fingerprint density at radius 2 is 2.22 bits per heavy atom. The number of methoxy groups -OCH3 is 1. The van der Waals surface area contributed by atoms with Gasteiger partial charge in [0, 0.05) is 6.04 Å². The first-order valence-electron chi connectivity index (χ1n) is 6.83. The minimum Gasteiger partial charge on any atom is -0.495 e. The molecule has 0 bridgehead atoms. The number of nitrogens with one attached hydrogen (secondary N) is 1. The molecule has 3 heteroatoms. The molecule has 0 spiro atoms. The molecule has 1 aromatic rings. The quantitative estimate of drug-likeness (QED) is 0.871. The van der Waals surface area contributed by atoms with Crippen LogP contribution in [0.5, 0.6) is 5.75 Å². The van der Waals surface area contributed by atoms with Gasteiger partial charge in [-0.15, -0.1) is 0 Å². The third-order valence-corrected chi connectivity index (χ3v) is 4.09. The number of hydrogen-bond donors (Lipinski definition) is 1. The van der Waals surface area contributed by atoms with E-state index in [2.05, 4.69) is 24.4 Å². The lowest BCUT2D eigenvalue weighted by Crippen LogP contribution is -2.31. The lowest BCUT2D eigenvalue weighted by molar-refractivity contribution is 0.412. The fourth-order valence-electron chi connectivity index (χ4n) is 2.84. The predicted molar refractivity (Wildman–Crippen MR) is 76.7 cm³/mol. The van der Waals surface area contributed by atoms with Gasteiger partial charge in [-0.1, -0.05) is 31.0 Å². The van der Waals surface area contributed by atoms with Gasteiger partial charge in [0.25, 0.3) is 0 Å². The molecule has 2 nitrogen and oxygen atoms in total. The average Bonchev–Trinajstić information content (AvgIpc) is 2.85. The molecular weight excluding hydrogens is 246 g/mol. The highest BCUT2D eigenvalue weighted by Crippen LogP contribution is 2.37. The summed E-state index contributed by atoms with van der Waals surface area (Å²) >= 11 is 6.08. The Kier molecular flexibility index (Phi) is 4.90. The van der Waals surface area contributed by atoms with E-state index < -0.39 is 0 Å². The van der Waals surface area contributed by atoms with Crippen LogP contribution in [0.25, 0.3) is 0 Å². The molecule has 1 aliphatic carbocycles. The van der Waals surface area contributed by atoms with Gasteiger partial charge in [0.05, 0.1) is 12.1 Å². The largest absolute Gasteiger partial charge is 0.495 e. The summed E-state index contributed by atoms with van der Waals surface area (Å²) in [6.45, 7) is 3.31. The Bertz CT molecular complexity index is 394. The normalized spacial score (nSPS) is 23.3. The fraction of sp³-hybridized carbons (Fsp3) is 0.600. The van der Waals surface area contributed by atoms with E-state index in [0.29, 0.717) is 17.0 Å².